The average Bonchev–Trinajstić information content (AvgIpc) is 2.53. The van der Waals surface area contributed by atoms with E-state index in [4.69, 9.17) is 5.84 Å². The van der Waals surface area contributed by atoms with Gasteiger partial charge in [0.25, 0.3) is 0 Å². The highest BCUT2D eigenvalue weighted by Gasteiger charge is 2.10. The molecule has 1 aromatic heterocycles. The minimum absolute atomic E-state index is 0.630. The Morgan fingerprint density at radius 3 is 2.60 bits per heavy atom. The summed E-state index contributed by atoms with van der Waals surface area (Å²) in [4.78, 5) is 11.0. The number of aromatic nitrogens is 2. The van der Waals surface area contributed by atoms with Crippen LogP contribution in [0.3, 0.4) is 0 Å². The highest BCUT2D eigenvalue weighted by molar-refractivity contribution is 7.98. The maximum Gasteiger partial charge on any atom is 0.191 e. The predicted octanol–water partition coefficient (Wildman–Crippen LogP) is 2.51. The third kappa shape index (κ3) is 3.61. The molecule has 5 nitrogen and oxygen atoms in total. The molecule has 0 bridgehead atoms. The predicted molar refractivity (Wildman–Crippen MR) is 84.8 cm³/mol. The van der Waals surface area contributed by atoms with E-state index in [0.29, 0.717) is 11.0 Å². The summed E-state index contributed by atoms with van der Waals surface area (Å²) in [7, 11) is 0. The van der Waals surface area contributed by atoms with Crippen LogP contribution in [0.2, 0.25) is 0 Å². The van der Waals surface area contributed by atoms with Gasteiger partial charge in [0.2, 0.25) is 0 Å². The fourth-order valence-electron chi connectivity index (χ4n) is 1.90. The zero-order valence-corrected chi connectivity index (χ0v) is 12.5. The first kappa shape index (κ1) is 14.6. The van der Waals surface area contributed by atoms with Gasteiger partial charge in [0.15, 0.2) is 5.16 Å². The number of nitrogens with two attached hydrogens (primary N) is 1. The second-order valence-electron chi connectivity index (χ2n) is 4.24. The number of anilines is 2. The van der Waals surface area contributed by atoms with Crippen LogP contribution in [0.15, 0.2) is 41.6 Å². The van der Waals surface area contributed by atoms with E-state index in [-0.39, 0.29) is 0 Å². The van der Waals surface area contributed by atoms with Gasteiger partial charge in [0, 0.05) is 19.2 Å². The number of rotatable bonds is 6. The molecule has 0 aliphatic heterocycles. The van der Waals surface area contributed by atoms with Gasteiger partial charge in [-0.1, -0.05) is 42.1 Å². The van der Waals surface area contributed by atoms with Crippen LogP contribution in [-0.2, 0) is 6.54 Å². The van der Waals surface area contributed by atoms with Crippen molar-refractivity contribution >= 4 is 23.4 Å². The van der Waals surface area contributed by atoms with Gasteiger partial charge in [0.05, 0.1) is 0 Å². The van der Waals surface area contributed by atoms with E-state index >= 15 is 0 Å². The highest BCUT2D eigenvalue weighted by atomic mass is 32.2. The maximum absolute atomic E-state index is 5.47. The maximum atomic E-state index is 5.47. The zero-order chi connectivity index (χ0) is 14.4. The minimum Gasteiger partial charge on any atom is -0.352 e. The van der Waals surface area contributed by atoms with Crippen molar-refractivity contribution in [3.8, 4) is 0 Å². The summed E-state index contributed by atoms with van der Waals surface area (Å²) in [6.07, 6.45) is 1.95. The first-order chi connectivity index (χ1) is 9.76. The van der Waals surface area contributed by atoms with Crippen LogP contribution in [-0.4, -0.2) is 22.8 Å². The standard InChI is InChI=1S/C14H19N5S/c1-3-19(10-11-7-5-4-6-8-11)13-9-12(18-15)16-14(17-13)20-2/h4-9H,3,10,15H2,1-2H3,(H,16,17,18). The molecule has 106 valence electrons. The fraction of sp³-hybridized carbons (Fsp3) is 0.286. The molecule has 3 N–H and O–H groups in total. The first-order valence-corrected chi connectivity index (χ1v) is 7.67. The van der Waals surface area contributed by atoms with Crippen molar-refractivity contribution in [3.63, 3.8) is 0 Å². The van der Waals surface area contributed by atoms with Gasteiger partial charge in [-0.05, 0) is 18.7 Å². The third-order valence-electron chi connectivity index (χ3n) is 2.94. The second-order valence-corrected chi connectivity index (χ2v) is 5.02. The smallest absolute Gasteiger partial charge is 0.191 e. The molecule has 0 aliphatic rings. The number of benzene rings is 1. The van der Waals surface area contributed by atoms with Crippen LogP contribution >= 0.6 is 11.8 Å². The lowest BCUT2D eigenvalue weighted by Crippen LogP contribution is -2.24. The van der Waals surface area contributed by atoms with Crippen molar-refractivity contribution in [3.05, 3.63) is 42.0 Å². The Hall–Kier alpha value is -1.79. The average molecular weight is 289 g/mol. The van der Waals surface area contributed by atoms with Gasteiger partial charge < -0.3 is 10.3 Å². The van der Waals surface area contributed by atoms with E-state index in [1.165, 1.54) is 17.3 Å². The summed E-state index contributed by atoms with van der Waals surface area (Å²) in [5, 5.41) is 0.710. The normalized spacial score (nSPS) is 10.3. The Bertz CT molecular complexity index is 524. The van der Waals surface area contributed by atoms with Gasteiger partial charge in [-0.15, -0.1) is 0 Å². The van der Waals surface area contributed by atoms with Crippen LogP contribution < -0.4 is 16.2 Å². The monoisotopic (exact) mass is 289 g/mol. The van der Waals surface area contributed by atoms with Crippen LogP contribution in [0.1, 0.15) is 12.5 Å². The third-order valence-corrected chi connectivity index (χ3v) is 3.49. The molecule has 1 aromatic carbocycles. The molecule has 0 aliphatic carbocycles. The first-order valence-electron chi connectivity index (χ1n) is 6.45. The Morgan fingerprint density at radius 1 is 1.25 bits per heavy atom. The van der Waals surface area contributed by atoms with Crippen molar-refractivity contribution in [1.29, 1.82) is 0 Å². The molecule has 6 heteroatoms. The molecule has 0 fully saturated rings. The Kier molecular flexibility index (Phi) is 5.20. The quantitative estimate of drug-likeness (QED) is 0.369. The molecule has 0 unspecified atom stereocenters. The molecule has 0 saturated carbocycles. The number of nitrogens with zero attached hydrogens (tertiary/aromatic N) is 3. The number of hydrazine groups is 1. The van der Waals surface area contributed by atoms with Crippen LogP contribution in [0.5, 0.6) is 0 Å². The number of nitrogens with one attached hydrogen (secondary N) is 1. The SMILES string of the molecule is CCN(Cc1ccccc1)c1cc(NN)nc(SC)n1. The van der Waals surface area contributed by atoms with Gasteiger partial charge >= 0.3 is 0 Å². The molecule has 20 heavy (non-hydrogen) atoms. The summed E-state index contributed by atoms with van der Waals surface area (Å²) in [5.41, 5.74) is 3.84. The van der Waals surface area contributed by atoms with Gasteiger partial charge in [-0.25, -0.2) is 15.8 Å². The summed E-state index contributed by atoms with van der Waals surface area (Å²) in [5.74, 6) is 6.98. The summed E-state index contributed by atoms with van der Waals surface area (Å²) in [6.45, 7) is 3.79. The fourth-order valence-corrected chi connectivity index (χ4v) is 2.27. The lowest BCUT2D eigenvalue weighted by molar-refractivity contribution is 0.793. The molecule has 2 rings (SSSR count). The lowest BCUT2D eigenvalue weighted by atomic mass is 10.2. The Balaban J connectivity index is 2.26. The van der Waals surface area contributed by atoms with Crippen LogP contribution in [0.25, 0.3) is 0 Å². The summed E-state index contributed by atoms with van der Waals surface area (Å²) >= 11 is 1.50. The van der Waals surface area contributed by atoms with E-state index in [1.54, 1.807) is 0 Å². The van der Waals surface area contributed by atoms with Crippen molar-refractivity contribution in [2.24, 2.45) is 5.84 Å². The van der Waals surface area contributed by atoms with E-state index in [2.05, 4.69) is 39.4 Å². The lowest BCUT2D eigenvalue weighted by Gasteiger charge is -2.22. The largest absolute Gasteiger partial charge is 0.352 e. The van der Waals surface area contributed by atoms with E-state index in [0.717, 1.165) is 18.9 Å². The molecule has 0 radical (unpaired) electrons. The zero-order valence-electron chi connectivity index (χ0n) is 11.7. The Labute approximate surface area is 123 Å². The molecule has 0 spiro atoms. The van der Waals surface area contributed by atoms with Crippen molar-refractivity contribution in [2.75, 3.05) is 23.1 Å². The summed E-state index contributed by atoms with van der Waals surface area (Å²) in [6, 6.07) is 12.2. The number of hydrogen-bond acceptors (Lipinski definition) is 6. The van der Waals surface area contributed by atoms with Crippen molar-refractivity contribution in [1.82, 2.24) is 9.97 Å². The van der Waals surface area contributed by atoms with Gasteiger partial charge in [-0.2, -0.15) is 0 Å². The van der Waals surface area contributed by atoms with Crippen LogP contribution in [0.4, 0.5) is 11.6 Å². The molecule has 0 saturated heterocycles. The molecule has 1 heterocycles. The second kappa shape index (κ2) is 7.12. The van der Waals surface area contributed by atoms with Gasteiger partial charge in [0.1, 0.15) is 11.6 Å². The molecular formula is C14H19N5S. The van der Waals surface area contributed by atoms with Gasteiger partial charge in [-0.3, -0.25) is 0 Å². The molecule has 0 amide bonds. The number of hydrogen-bond donors (Lipinski definition) is 2. The Morgan fingerprint density at radius 2 is 2.00 bits per heavy atom. The molecule has 0 atom stereocenters. The number of nitrogen functional groups attached to an aromatic ring is 1. The summed E-state index contributed by atoms with van der Waals surface area (Å²) < 4.78 is 0. The minimum atomic E-state index is 0.630. The van der Waals surface area contributed by atoms with Crippen molar-refractivity contribution < 1.29 is 0 Å². The van der Waals surface area contributed by atoms with Crippen molar-refractivity contribution in [2.45, 2.75) is 18.6 Å². The van der Waals surface area contributed by atoms with E-state index in [9.17, 15) is 0 Å². The highest BCUT2D eigenvalue weighted by Crippen LogP contribution is 2.21. The van der Waals surface area contributed by atoms with E-state index in [1.807, 2.05) is 30.5 Å². The topological polar surface area (TPSA) is 67.1 Å². The van der Waals surface area contributed by atoms with Crippen LogP contribution in [0, 0.1) is 0 Å². The van der Waals surface area contributed by atoms with E-state index < -0.39 is 0 Å². The molecular weight excluding hydrogens is 270 g/mol. The molecule has 2 aromatic rings. The number of thioether (sulfide) groups is 1.